The van der Waals surface area contributed by atoms with Gasteiger partial charge in [0.25, 0.3) is 5.91 Å². The van der Waals surface area contributed by atoms with E-state index >= 15 is 0 Å². The summed E-state index contributed by atoms with van der Waals surface area (Å²) < 4.78 is 11.1. The molecule has 0 aliphatic carbocycles. The lowest BCUT2D eigenvalue weighted by Gasteiger charge is -2.15. The first-order valence-electron chi connectivity index (χ1n) is 8.84. The lowest BCUT2D eigenvalue weighted by atomic mass is 10.2. The second-order valence-electron chi connectivity index (χ2n) is 6.14. The number of anilines is 1. The van der Waals surface area contributed by atoms with Gasteiger partial charge in [0.2, 0.25) is 0 Å². The molecule has 2 aromatic rings. The summed E-state index contributed by atoms with van der Waals surface area (Å²) in [6, 6.07) is 14.1. The molecule has 3 rings (SSSR count). The SMILES string of the molecule is CCC(Oc1ccc(/C=C2/SC(=S)N(c3cccc(OC)c3)C2=O)cc1)C(=O)O. The van der Waals surface area contributed by atoms with E-state index in [0.717, 1.165) is 5.56 Å². The van der Waals surface area contributed by atoms with Crippen LogP contribution in [0.2, 0.25) is 0 Å². The number of thiocarbonyl (C=S) groups is 1. The van der Waals surface area contributed by atoms with Crippen molar-refractivity contribution >= 4 is 51.9 Å². The number of carbonyl (C=O) groups excluding carboxylic acids is 1. The van der Waals surface area contributed by atoms with E-state index in [1.807, 2.05) is 0 Å². The molecule has 0 saturated carbocycles. The lowest BCUT2D eigenvalue weighted by molar-refractivity contribution is -0.145. The minimum Gasteiger partial charge on any atom is -0.497 e. The molecule has 1 heterocycles. The predicted molar refractivity (Wildman–Crippen MR) is 117 cm³/mol. The number of aliphatic carboxylic acids is 1. The number of carbonyl (C=O) groups is 2. The van der Waals surface area contributed by atoms with E-state index in [1.54, 1.807) is 68.6 Å². The van der Waals surface area contributed by atoms with Crippen molar-refractivity contribution in [2.45, 2.75) is 19.4 Å². The molecule has 1 aliphatic rings. The Morgan fingerprint density at radius 1 is 1.24 bits per heavy atom. The predicted octanol–water partition coefficient (Wildman–Crippen LogP) is 4.34. The van der Waals surface area contributed by atoms with Gasteiger partial charge in [-0.2, -0.15) is 0 Å². The van der Waals surface area contributed by atoms with Crippen molar-refractivity contribution in [2.24, 2.45) is 0 Å². The fourth-order valence-electron chi connectivity index (χ4n) is 2.71. The Bertz CT molecular complexity index is 971. The number of ether oxygens (including phenoxy) is 2. The van der Waals surface area contributed by atoms with Gasteiger partial charge in [-0.25, -0.2) is 4.79 Å². The molecule has 1 unspecified atom stereocenters. The molecule has 8 heteroatoms. The molecule has 1 N–H and O–H groups in total. The number of rotatable bonds is 7. The molecule has 0 bridgehead atoms. The summed E-state index contributed by atoms with van der Waals surface area (Å²) in [5, 5.41) is 9.09. The Morgan fingerprint density at radius 2 is 1.97 bits per heavy atom. The topological polar surface area (TPSA) is 76.1 Å². The summed E-state index contributed by atoms with van der Waals surface area (Å²) in [5.41, 5.74) is 1.44. The number of thioether (sulfide) groups is 1. The van der Waals surface area contributed by atoms with E-state index in [4.69, 9.17) is 26.8 Å². The molecule has 2 aromatic carbocycles. The molecule has 0 radical (unpaired) electrons. The van der Waals surface area contributed by atoms with E-state index < -0.39 is 12.1 Å². The second-order valence-corrected chi connectivity index (χ2v) is 7.82. The van der Waals surface area contributed by atoms with Crippen LogP contribution in [0, 0.1) is 0 Å². The van der Waals surface area contributed by atoms with Gasteiger partial charge in [-0.1, -0.05) is 49.1 Å². The molecule has 0 aromatic heterocycles. The summed E-state index contributed by atoms with van der Waals surface area (Å²) in [6.07, 6.45) is 1.22. The normalized spacial score (nSPS) is 16.2. The van der Waals surface area contributed by atoms with Crippen molar-refractivity contribution in [3.05, 3.63) is 59.0 Å². The van der Waals surface area contributed by atoms with E-state index in [2.05, 4.69) is 0 Å². The van der Waals surface area contributed by atoms with Crippen molar-refractivity contribution in [2.75, 3.05) is 12.0 Å². The zero-order chi connectivity index (χ0) is 21.0. The minimum absolute atomic E-state index is 0.203. The highest BCUT2D eigenvalue weighted by Crippen LogP contribution is 2.37. The van der Waals surface area contributed by atoms with Gasteiger partial charge in [0, 0.05) is 6.07 Å². The highest BCUT2D eigenvalue weighted by Gasteiger charge is 2.33. The van der Waals surface area contributed by atoms with Crippen LogP contribution >= 0.6 is 24.0 Å². The minimum atomic E-state index is -1.00. The molecular formula is C21H19NO5S2. The van der Waals surface area contributed by atoms with Crippen LogP contribution in [0.3, 0.4) is 0 Å². The number of hydrogen-bond donors (Lipinski definition) is 1. The molecule has 1 aliphatic heterocycles. The van der Waals surface area contributed by atoms with Gasteiger partial charge in [0.05, 0.1) is 17.7 Å². The summed E-state index contributed by atoms with van der Waals surface area (Å²) >= 11 is 6.62. The number of carboxylic acid groups (broad SMARTS) is 1. The fraction of sp³-hybridized carbons (Fsp3) is 0.190. The van der Waals surface area contributed by atoms with Gasteiger partial charge in [-0.15, -0.1) is 0 Å². The third-order valence-corrected chi connectivity index (χ3v) is 5.51. The molecule has 150 valence electrons. The number of amides is 1. The van der Waals surface area contributed by atoms with Gasteiger partial charge < -0.3 is 14.6 Å². The average molecular weight is 430 g/mol. The van der Waals surface area contributed by atoms with Crippen LogP contribution in [0.5, 0.6) is 11.5 Å². The van der Waals surface area contributed by atoms with Crippen LogP contribution in [-0.2, 0) is 9.59 Å². The summed E-state index contributed by atoms with van der Waals surface area (Å²) in [5.74, 6) is -0.105. The quantitative estimate of drug-likeness (QED) is 0.518. The monoisotopic (exact) mass is 429 g/mol. The van der Waals surface area contributed by atoms with Gasteiger partial charge in [-0.3, -0.25) is 9.69 Å². The molecule has 6 nitrogen and oxygen atoms in total. The highest BCUT2D eigenvalue weighted by molar-refractivity contribution is 8.27. The smallest absolute Gasteiger partial charge is 0.344 e. The van der Waals surface area contributed by atoms with Crippen LogP contribution < -0.4 is 14.4 Å². The summed E-state index contributed by atoms with van der Waals surface area (Å²) in [6.45, 7) is 1.75. The molecule has 1 saturated heterocycles. The number of nitrogens with zero attached hydrogens (tertiary/aromatic N) is 1. The zero-order valence-corrected chi connectivity index (χ0v) is 17.5. The first kappa shape index (κ1) is 20.9. The van der Waals surface area contributed by atoms with E-state index in [9.17, 15) is 9.59 Å². The van der Waals surface area contributed by atoms with Crippen molar-refractivity contribution in [3.8, 4) is 11.5 Å². The maximum atomic E-state index is 12.9. The number of hydrogen-bond acceptors (Lipinski definition) is 6. The number of benzene rings is 2. The van der Waals surface area contributed by atoms with Gasteiger partial charge in [0.15, 0.2) is 10.4 Å². The Kier molecular flexibility index (Phi) is 6.56. The Morgan fingerprint density at radius 3 is 2.59 bits per heavy atom. The van der Waals surface area contributed by atoms with Crippen LogP contribution in [0.4, 0.5) is 5.69 Å². The first-order valence-corrected chi connectivity index (χ1v) is 10.1. The third-order valence-electron chi connectivity index (χ3n) is 4.21. The standard InChI is InChI=1S/C21H19NO5S2/c1-3-17(20(24)25)27-15-9-7-13(8-10-15)11-18-19(23)22(21(28)29-18)14-5-4-6-16(12-14)26-2/h4-12,17H,3H2,1-2H3,(H,24,25)/b18-11+. The van der Waals surface area contributed by atoms with Crippen molar-refractivity contribution in [1.29, 1.82) is 0 Å². The largest absolute Gasteiger partial charge is 0.497 e. The van der Waals surface area contributed by atoms with Gasteiger partial charge in [-0.05, 0) is 42.3 Å². The van der Waals surface area contributed by atoms with Gasteiger partial charge in [0.1, 0.15) is 11.5 Å². The highest BCUT2D eigenvalue weighted by atomic mass is 32.2. The maximum Gasteiger partial charge on any atom is 0.344 e. The molecule has 0 spiro atoms. The molecule has 29 heavy (non-hydrogen) atoms. The van der Waals surface area contributed by atoms with Crippen molar-refractivity contribution in [3.63, 3.8) is 0 Å². The zero-order valence-electron chi connectivity index (χ0n) is 15.8. The van der Waals surface area contributed by atoms with Gasteiger partial charge >= 0.3 is 5.97 Å². The van der Waals surface area contributed by atoms with Crippen molar-refractivity contribution < 1.29 is 24.2 Å². The van der Waals surface area contributed by atoms with E-state index in [-0.39, 0.29) is 5.91 Å². The Labute approximate surface area is 178 Å². The Hall–Kier alpha value is -2.84. The second kappa shape index (κ2) is 9.11. The summed E-state index contributed by atoms with van der Waals surface area (Å²) in [7, 11) is 1.57. The van der Waals surface area contributed by atoms with E-state index in [0.29, 0.717) is 32.8 Å². The third kappa shape index (κ3) is 4.78. The maximum absolute atomic E-state index is 12.9. The average Bonchev–Trinajstić information content (AvgIpc) is 3.00. The van der Waals surface area contributed by atoms with E-state index in [1.165, 1.54) is 16.7 Å². The van der Waals surface area contributed by atoms with Crippen LogP contribution in [0.1, 0.15) is 18.9 Å². The summed E-state index contributed by atoms with van der Waals surface area (Å²) in [4.78, 5) is 25.9. The number of methoxy groups -OCH3 is 1. The van der Waals surface area contributed by atoms with Crippen LogP contribution in [0.15, 0.2) is 53.4 Å². The van der Waals surface area contributed by atoms with Crippen LogP contribution in [-0.4, -0.2) is 34.5 Å². The molecule has 1 amide bonds. The lowest BCUT2D eigenvalue weighted by Crippen LogP contribution is -2.27. The first-order chi connectivity index (χ1) is 13.9. The van der Waals surface area contributed by atoms with Crippen molar-refractivity contribution in [1.82, 2.24) is 0 Å². The Balaban J connectivity index is 1.78. The fourth-order valence-corrected chi connectivity index (χ4v) is 4.01. The van der Waals surface area contributed by atoms with Crippen LogP contribution in [0.25, 0.3) is 6.08 Å². The number of carboxylic acids is 1. The molecular weight excluding hydrogens is 410 g/mol. The molecule has 1 fully saturated rings. The molecule has 1 atom stereocenters.